The van der Waals surface area contributed by atoms with Crippen molar-refractivity contribution in [2.75, 3.05) is 26.2 Å². The molecule has 0 unspecified atom stereocenters. The van der Waals surface area contributed by atoms with Gasteiger partial charge in [-0.2, -0.15) is 0 Å². The molecule has 0 radical (unpaired) electrons. The van der Waals surface area contributed by atoms with Crippen molar-refractivity contribution in [3.8, 4) is 5.75 Å². The van der Waals surface area contributed by atoms with E-state index in [0.717, 1.165) is 12.3 Å². The Hall–Kier alpha value is -1.71. The molecule has 19 heavy (non-hydrogen) atoms. The maximum atomic E-state index is 8.32. The van der Waals surface area contributed by atoms with Gasteiger partial charge < -0.3 is 4.74 Å². The number of hydrogen-bond donors (Lipinski definition) is 0. The fourth-order valence-electron chi connectivity index (χ4n) is 2.31. The SMILES string of the molecule is [N-]=[N+]=Nc1ccc(OCCN2CCCCCC2)cc1. The van der Waals surface area contributed by atoms with E-state index in [4.69, 9.17) is 10.3 Å². The second kappa shape index (κ2) is 7.67. The Bertz CT molecular complexity index is 418. The predicted octanol–water partition coefficient (Wildman–Crippen LogP) is 3.88. The fourth-order valence-corrected chi connectivity index (χ4v) is 2.31. The van der Waals surface area contributed by atoms with Crippen LogP contribution in [0.2, 0.25) is 0 Å². The van der Waals surface area contributed by atoms with Gasteiger partial charge in [0.25, 0.3) is 0 Å². The number of hydrogen-bond acceptors (Lipinski definition) is 3. The van der Waals surface area contributed by atoms with Crippen LogP contribution in [0.25, 0.3) is 10.4 Å². The van der Waals surface area contributed by atoms with E-state index in [1.807, 2.05) is 12.1 Å². The molecule has 0 aliphatic carbocycles. The highest BCUT2D eigenvalue weighted by Gasteiger charge is 2.08. The lowest BCUT2D eigenvalue weighted by molar-refractivity contribution is 0.214. The molecular weight excluding hydrogens is 240 g/mol. The molecule has 5 heteroatoms. The molecule has 0 aromatic heterocycles. The van der Waals surface area contributed by atoms with Crippen LogP contribution in [0.15, 0.2) is 29.4 Å². The second-order valence-corrected chi connectivity index (χ2v) is 4.79. The van der Waals surface area contributed by atoms with Crippen LogP contribution < -0.4 is 4.74 Å². The van der Waals surface area contributed by atoms with E-state index in [9.17, 15) is 0 Å². The highest BCUT2D eigenvalue weighted by molar-refractivity contribution is 5.40. The summed E-state index contributed by atoms with van der Waals surface area (Å²) >= 11 is 0. The molecule has 5 nitrogen and oxygen atoms in total. The van der Waals surface area contributed by atoms with Gasteiger partial charge in [0, 0.05) is 17.1 Å². The Balaban J connectivity index is 1.73. The van der Waals surface area contributed by atoms with Crippen molar-refractivity contribution in [3.05, 3.63) is 34.7 Å². The van der Waals surface area contributed by atoms with Gasteiger partial charge in [-0.25, -0.2) is 0 Å². The number of rotatable bonds is 5. The predicted molar refractivity (Wildman–Crippen MR) is 75.7 cm³/mol. The van der Waals surface area contributed by atoms with E-state index in [-0.39, 0.29) is 0 Å². The lowest BCUT2D eigenvalue weighted by Gasteiger charge is -2.19. The first-order valence-corrected chi connectivity index (χ1v) is 6.89. The van der Waals surface area contributed by atoms with Crippen LogP contribution in [-0.2, 0) is 0 Å². The summed E-state index contributed by atoms with van der Waals surface area (Å²) in [5.74, 6) is 0.826. The summed E-state index contributed by atoms with van der Waals surface area (Å²) in [5.41, 5.74) is 8.93. The summed E-state index contributed by atoms with van der Waals surface area (Å²) in [6.07, 6.45) is 5.33. The van der Waals surface area contributed by atoms with E-state index in [0.29, 0.717) is 12.3 Å². The average Bonchev–Trinajstić information content (AvgIpc) is 2.70. The molecule has 1 saturated heterocycles. The molecule has 1 aromatic carbocycles. The zero-order valence-corrected chi connectivity index (χ0v) is 11.2. The molecule has 1 fully saturated rings. The molecule has 0 N–H and O–H groups in total. The maximum Gasteiger partial charge on any atom is 0.119 e. The van der Waals surface area contributed by atoms with Crippen LogP contribution in [0.4, 0.5) is 5.69 Å². The monoisotopic (exact) mass is 260 g/mol. The molecule has 1 aromatic rings. The zero-order chi connectivity index (χ0) is 13.3. The van der Waals surface area contributed by atoms with Crippen molar-refractivity contribution >= 4 is 5.69 Å². The minimum absolute atomic E-state index is 0.613. The van der Waals surface area contributed by atoms with Crippen molar-refractivity contribution in [3.63, 3.8) is 0 Å². The highest BCUT2D eigenvalue weighted by Crippen LogP contribution is 2.18. The fraction of sp³-hybridized carbons (Fsp3) is 0.571. The molecule has 1 aliphatic rings. The van der Waals surface area contributed by atoms with Crippen LogP contribution in [0.3, 0.4) is 0 Å². The molecule has 0 atom stereocenters. The number of azide groups is 1. The van der Waals surface area contributed by atoms with Gasteiger partial charge in [0.05, 0.1) is 0 Å². The Morgan fingerprint density at radius 1 is 1.11 bits per heavy atom. The summed E-state index contributed by atoms with van der Waals surface area (Å²) in [6, 6.07) is 7.21. The third-order valence-electron chi connectivity index (χ3n) is 3.37. The summed E-state index contributed by atoms with van der Waals surface area (Å²) < 4.78 is 5.71. The Labute approximate surface area is 113 Å². The standard InChI is InChI=1S/C14H20N4O/c15-17-16-13-5-7-14(8-6-13)19-12-11-18-9-3-1-2-4-10-18/h5-8H,1-4,9-12H2. The van der Waals surface area contributed by atoms with Crippen molar-refractivity contribution < 1.29 is 4.74 Å². The number of ether oxygens (including phenoxy) is 1. The lowest BCUT2D eigenvalue weighted by Crippen LogP contribution is -2.29. The number of benzene rings is 1. The molecular formula is C14H20N4O. The van der Waals surface area contributed by atoms with Crippen molar-refractivity contribution in [1.29, 1.82) is 0 Å². The van der Waals surface area contributed by atoms with Gasteiger partial charge in [0.1, 0.15) is 12.4 Å². The van der Waals surface area contributed by atoms with Crippen LogP contribution in [0.5, 0.6) is 5.75 Å². The largest absolute Gasteiger partial charge is 0.492 e. The third-order valence-corrected chi connectivity index (χ3v) is 3.37. The van der Waals surface area contributed by atoms with Crippen LogP contribution in [0, 0.1) is 0 Å². The quantitative estimate of drug-likeness (QED) is 0.458. The van der Waals surface area contributed by atoms with E-state index in [1.54, 1.807) is 12.1 Å². The highest BCUT2D eigenvalue weighted by atomic mass is 16.5. The van der Waals surface area contributed by atoms with Crippen LogP contribution >= 0.6 is 0 Å². The minimum Gasteiger partial charge on any atom is -0.492 e. The first kappa shape index (κ1) is 13.7. The van der Waals surface area contributed by atoms with Crippen molar-refractivity contribution in [2.24, 2.45) is 5.11 Å². The maximum absolute atomic E-state index is 8.32. The smallest absolute Gasteiger partial charge is 0.119 e. The van der Waals surface area contributed by atoms with Crippen LogP contribution in [0.1, 0.15) is 25.7 Å². The minimum atomic E-state index is 0.613. The summed E-state index contributed by atoms with van der Waals surface area (Å²) in [5, 5.41) is 3.53. The topological polar surface area (TPSA) is 61.2 Å². The Morgan fingerprint density at radius 3 is 2.42 bits per heavy atom. The molecule has 102 valence electrons. The van der Waals surface area contributed by atoms with Crippen molar-refractivity contribution in [2.45, 2.75) is 25.7 Å². The first-order chi connectivity index (χ1) is 9.38. The zero-order valence-electron chi connectivity index (χ0n) is 11.2. The van der Waals surface area contributed by atoms with Gasteiger partial charge in [-0.15, -0.1) is 0 Å². The number of nitrogens with zero attached hydrogens (tertiary/aromatic N) is 4. The van der Waals surface area contributed by atoms with E-state index in [1.165, 1.54) is 38.8 Å². The first-order valence-electron chi connectivity index (χ1n) is 6.89. The van der Waals surface area contributed by atoms with E-state index in [2.05, 4.69) is 14.9 Å². The number of likely N-dealkylation sites (tertiary alicyclic amines) is 1. The van der Waals surface area contributed by atoms with E-state index < -0.39 is 0 Å². The van der Waals surface area contributed by atoms with Gasteiger partial charge in [0.2, 0.25) is 0 Å². The second-order valence-electron chi connectivity index (χ2n) is 4.79. The van der Waals surface area contributed by atoms with Crippen LogP contribution in [-0.4, -0.2) is 31.1 Å². The third kappa shape index (κ3) is 4.81. The van der Waals surface area contributed by atoms with Gasteiger partial charge >= 0.3 is 0 Å². The average molecular weight is 260 g/mol. The molecule has 0 bridgehead atoms. The summed E-state index contributed by atoms with van der Waals surface area (Å²) in [6.45, 7) is 4.08. The summed E-state index contributed by atoms with van der Waals surface area (Å²) in [7, 11) is 0. The Kier molecular flexibility index (Phi) is 5.53. The molecule has 1 aliphatic heterocycles. The lowest BCUT2D eigenvalue weighted by atomic mass is 10.2. The molecule has 0 saturated carbocycles. The summed E-state index contributed by atoms with van der Waals surface area (Å²) in [4.78, 5) is 5.22. The Morgan fingerprint density at radius 2 is 1.79 bits per heavy atom. The molecule has 2 rings (SSSR count). The van der Waals surface area contributed by atoms with Gasteiger partial charge in [-0.1, -0.05) is 18.0 Å². The van der Waals surface area contributed by atoms with Gasteiger partial charge in [0.15, 0.2) is 0 Å². The molecule has 0 amide bonds. The van der Waals surface area contributed by atoms with Gasteiger partial charge in [-0.3, -0.25) is 4.90 Å². The van der Waals surface area contributed by atoms with Crippen molar-refractivity contribution in [1.82, 2.24) is 4.90 Å². The van der Waals surface area contributed by atoms with E-state index >= 15 is 0 Å². The molecule has 1 heterocycles. The normalized spacial score (nSPS) is 16.4. The van der Waals surface area contributed by atoms with Gasteiger partial charge in [-0.05, 0) is 55.7 Å². The molecule has 0 spiro atoms.